The molecule has 1 fully saturated rings. The monoisotopic (exact) mass is 353 g/mol. The fraction of sp³-hybridized carbons (Fsp3) is 0.333. The Morgan fingerprint density at radius 3 is 3.00 bits per heavy atom. The van der Waals surface area contributed by atoms with Gasteiger partial charge in [0, 0.05) is 13.1 Å². The Kier molecular flexibility index (Phi) is 4.31. The lowest BCUT2D eigenvalue weighted by molar-refractivity contribution is -0.122. The summed E-state index contributed by atoms with van der Waals surface area (Å²) in [6.07, 6.45) is 3.55. The number of nitrogens with zero attached hydrogens (tertiary/aromatic N) is 4. The highest BCUT2D eigenvalue weighted by Gasteiger charge is 2.32. The van der Waals surface area contributed by atoms with Crippen molar-refractivity contribution in [2.24, 2.45) is 0 Å². The average Bonchev–Trinajstić information content (AvgIpc) is 3.26. The molecule has 0 saturated carbocycles. The standard InChI is InChI=1S/C18H19N5OS/c1-12-10-19-15-17(21-12)25-18(22-15)23-9-5-8-14(23)16(24)20-11-13-6-3-2-4-7-13/h2-4,6-7,10,14H,5,8-9,11H2,1H3,(H,20,24)/t14-/m1/s1. The number of carbonyl (C=O) groups is 1. The normalized spacial score (nSPS) is 17.2. The fourth-order valence-corrected chi connectivity index (χ4v) is 4.11. The van der Waals surface area contributed by atoms with Crippen molar-refractivity contribution in [3.63, 3.8) is 0 Å². The van der Waals surface area contributed by atoms with Gasteiger partial charge in [-0.3, -0.25) is 4.79 Å². The first-order valence-electron chi connectivity index (χ1n) is 8.39. The molecule has 0 aliphatic carbocycles. The predicted octanol–water partition coefficient (Wildman–Crippen LogP) is 2.68. The first-order valence-corrected chi connectivity index (χ1v) is 9.21. The van der Waals surface area contributed by atoms with Gasteiger partial charge >= 0.3 is 0 Å². The van der Waals surface area contributed by atoms with Crippen molar-refractivity contribution in [1.29, 1.82) is 0 Å². The summed E-state index contributed by atoms with van der Waals surface area (Å²) >= 11 is 1.51. The molecule has 128 valence electrons. The van der Waals surface area contributed by atoms with Crippen LogP contribution in [-0.2, 0) is 11.3 Å². The minimum Gasteiger partial charge on any atom is -0.350 e. The zero-order chi connectivity index (χ0) is 17.2. The molecule has 2 aromatic heterocycles. The molecule has 0 spiro atoms. The van der Waals surface area contributed by atoms with E-state index in [0.717, 1.165) is 40.6 Å². The summed E-state index contributed by atoms with van der Waals surface area (Å²) in [5, 5.41) is 3.88. The Morgan fingerprint density at radius 2 is 2.16 bits per heavy atom. The summed E-state index contributed by atoms with van der Waals surface area (Å²) in [7, 11) is 0. The van der Waals surface area contributed by atoms with E-state index in [4.69, 9.17) is 0 Å². The molecule has 3 heterocycles. The highest BCUT2D eigenvalue weighted by Crippen LogP contribution is 2.31. The first-order chi connectivity index (χ1) is 12.2. The maximum absolute atomic E-state index is 12.7. The van der Waals surface area contributed by atoms with Gasteiger partial charge in [-0.05, 0) is 25.3 Å². The summed E-state index contributed by atoms with van der Waals surface area (Å²) in [4.78, 5) is 29.0. The van der Waals surface area contributed by atoms with E-state index in [9.17, 15) is 4.79 Å². The molecule has 6 nitrogen and oxygen atoms in total. The third-order valence-electron chi connectivity index (χ3n) is 4.34. The summed E-state index contributed by atoms with van der Waals surface area (Å²) in [6.45, 7) is 3.30. The van der Waals surface area contributed by atoms with Gasteiger partial charge < -0.3 is 10.2 Å². The van der Waals surface area contributed by atoms with E-state index in [1.54, 1.807) is 6.20 Å². The zero-order valence-corrected chi connectivity index (χ0v) is 14.8. The van der Waals surface area contributed by atoms with Crippen LogP contribution in [0.4, 0.5) is 5.13 Å². The molecule has 25 heavy (non-hydrogen) atoms. The van der Waals surface area contributed by atoms with E-state index >= 15 is 0 Å². The van der Waals surface area contributed by atoms with Crippen LogP contribution in [0.3, 0.4) is 0 Å². The second-order valence-corrected chi connectivity index (χ2v) is 7.15. The first kappa shape index (κ1) is 16.0. The molecule has 1 amide bonds. The number of fused-ring (bicyclic) bond motifs is 1. The molecule has 0 bridgehead atoms. The Bertz CT molecular complexity index is 895. The van der Waals surface area contributed by atoms with Gasteiger partial charge in [0.2, 0.25) is 5.91 Å². The van der Waals surface area contributed by atoms with Gasteiger partial charge in [-0.1, -0.05) is 41.7 Å². The van der Waals surface area contributed by atoms with Gasteiger partial charge in [-0.15, -0.1) is 0 Å². The molecule has 1 aliphatic rings. The lowest BCUT2D eigenvalue weighted by Crippen LogP contribution is -2.43. The maximum atomic E-state index is 12.7. The molecule has 1 N–H and O–H groups in total. The van der Waals surface area contributed by atoms with Crippen molar-refractivity contribution in [2.45, 2.75) is 32.4 Å². The number of hydrogen-bond donors (Lipinski definition) is 1. The average molecular weight is 353 g/mol. The summed E-state index contributed by atoms with van der Waals surface area (Å²) in [5.74, 6) is 0.0534. The van der Waals surface area contributed by atoms with Crippen LogP contribution in [0, 0.1) is 6.92 Å². The van der Waals surface area contributed by atoms with Crippen LogP contribution < -0.4 is 10.2 Å². The quantitative estimate of drug-likeness (QED) is 0.781. The molecule has 1 aliphatic heterocycles. The third kappa shape index (κ3) is 3.32. The molecule has 7 heteroatoms. The maximum Gasteiger partial charge on any atom is 0.243 e. The molecule has 0 radical (unpaired) electrons. The highest BCUT2D eigenvalue weighted by atomic mass is 32.1. The SMILES string of the molecule is Cc1cnc2nc(N3CCC[C@@H]3C(=O)NCc3ccccc3)sc2n1. The van der Waals surface area contributed by atoms with Crippen LogP contribution >= 0.6 is 11.3 Å². The van der Waals surface area contributed by atoms with Gasteiger partial charge in [0.1, 0.15) is 6.04 Å². The summed E-state index contributed by atoms with van der Waals surface area (Å²) in [6, 6.07) is 9.78. The van der Waals surface area contributed by atoms with Crippen LogP contribution in [-0.4, -0.2) is 33.4 Å². The number of carbonyl (C=O) groups excluding carboxylic acids is 1. The van der Waals surface area contributed by atoms with Crippen molar-refractivity contribution in [3.05, 3.63) is 47.8 Å². The topological polar surface area (TPSA) is 71.0 Å². The minimum atomic E-state index is -0.176. The lowest BCUT2D eigenvalue weighted by Gasteiger charge is -2.23. The van der Waals surface area contributed by atoms with Crippen molar-refractivity contribution < 1.29 is 4.79 Å². The largest absolute Gasteiger partial charge is 0.350 e. The summed E-state index contributed by atoms with van der Waals surface area (Å²) in [5.41, 5.74) is 2.63. The van der Waals surface area contributed by atoms with Crippen molar-refractivity contribution in [3.8, 4) is 0 Å². The highest BCUT2D eigenvalue weighted by molar-refractivity contribution is 7.21. The molecule has 1 saturated heterocycles. The number of aromatic nitrogens is 3. The smallest absolute Gasteiger partial charge is 0.243 e. The van der Waals surface area contributed by atoms with Gasteiger partial charge in [0.15, 0.2) is 15.6 Å². The number of nitrogens with one attached hydrogen (secondary N) is 1. The van der Waals surface area contributed by atoms with E-state index in [-0.39, 0.29) is 11.9 Å². The minimum absolute atomic E-state index is 0.0534. The Morgan fingerprint density at radius 1 is 1.32 bits per heavy atom. The Balaban J connectivity index is 1.50. The lowest BCUT2D eigenvalue weighted by atomic mass is 10.2. The van der Waals surface area contributed by atoms with Gasteiger partial charge in [-0.2, -0.15) is 4.98 Å². The Hall–Kier alpha value is -2.54. The van der Waals surface area contributed by atoms with Crippen LogP contribution in [0.25, 0.3) is 10.5 Å². The number of rotatable bonds is 4. The molecule has 4 rings (SSSR count). The van der Waals surface area contributed by atoms with E-state index < -0.39 is 0 Å². The van der Waals surface area contributed by atoms with Crippen molar-refractivity contribution >= 4 is 32.9 Å². The number of amides is 1. The van der Waals surface area contributed by atoms with Gasteiger partial charge in [0.05, 0.1) is 11.9 Å². The van der Waals surface area contributed by atoms with E-state index in [0.29, 0.717) is 12.2 Å². The van der Waals surface area contributed by atoms with Crippen molar-refractivity contribution in [1.82, 2.24) is 20.3 Å². The molecular weight excluding hydrogens is 334 g/mol. The number of anilines is 1. The van der Waals surface area contributed by atoms with E-state index in [1.807, 2.05) is 37.3 Å². The van der Waals surface area contributed by atoms with E-state index in [1.165, 1.54) is 11.3 Å². The van der Waals surface area contributed by atoms with Crippen molar-refractivity contribution in [2.75, 3.05) is 11.4 Å². The van der Waals surface area contributed by atoms with E-state index in [2.05, 4.69) is 25.2 Å². The number of hydrogen-bond acceptors (Lipinski definition) is 6. The third-order valence-corrected chi connectivity index (χ3v) is 5.32. The molecule has 3 aromatic rings. The van der Waals surface area contributed by atoms with Gasteiger partial charge in [0.25, 0.3) is 0 Å². The second-order valence-electron chi connectivity index (χ2n) is 6.19. The van der Waals surface area contributed by atoms with Crippen LogP contribution in [0.5, 0.6) is 0 Å². The number of aryl methyl sites for hydroxylation is 1. The summed E-state index contributed by atoms with van der Waals surface area (Å²) < 4.78 is 0. The molecular formula is C18H19N5OS. The van der Waals surface area contributed by atoms with Gasteiger partial charge in [-0.25, -0.2) is 9.97 Å². The Labute approximate surface area is 149 Å². The van der Waals surface area contributed by atoms with Crippen LogP contribution in [0.2, 0.25) is 0 Å². The molecule has 1 atom stereocenters. The predicted molar refractivity (Wildman–Crippen MR) is 98.6 cm³/mol. The number of benzene rings is 1. The molecule has 0 unspecified atom stereocenters. The van der Waals surface area contributed by atoms with Crippen LogP contribution in [0.15, 0.2) is 36.5 Å². The fourth-order valence-electron chi connectivity index (χ4n) is 3.09. The second kappa shape index (κ2) is 6.76. The van der Waals surface area contributed by atoms with Crippen LogP contribution in [0.1, 0.15) is 24.1 Å². The molecule has 1 aromatic carbocycles. The zero-order valence-electron chi connectivity index (χ0n) is 14.0. The number of thiazole rings is 1.